The molecule has 0 saturated heterocycles. The van der Waals surface area contributed by atoms with Crippen LogP contribution in [-0.4, -0.2) is 4.57 Å². The zero-order chi connectivity index (χ0) is 14.4. The van der Waals surface area contributed by atoms with Crippen LogP contribution in [0, 0.1) is 0 Å². The summed E-state index contributed by atoms with van der Waals surface area (Å²) in [7, 11) is 2.06. The maximum absolute atomic E-state index is 12.1. The fourth-order valence-corrected chi connectivity index (χ4v) is 2.78. The lowest BCUT2D eigenvalue weighted by molar-refractivity contribution is 0.599. The van der Waals surface area contributed by atoms with Crippen molar-refractivity contribution in [2.45, 2.75) is 51.9 Å². The molecule has 1 heterocycles. The first-order chi connectivity index (χ1) is 9.74. The Kier molecular flexibility index (Phi) is 5.40. The predicted molar refractivity (Wildman–Crippen MR) is 86.3 cm³/mol. The number of aromatic nitrogens is 1. The Morgan fingerprint density at radius 2 is 1.70 bits per heavy atom. The number of hydrogen-bond donors (Lipinski definition) is 0. The van der Waals surface area contributed by atoms with Gasteiger partial charge in [-0.3, -0.25) is 4.79 Å². The molecule has 1 aromatic carbocycles. The van der Waals surface area contributed by atoms with E-state index in [0.29, 0.717) is 0 Å². The number of rotatable bonds is 7. The van der Waals surface area contributed by atoms with Gasteiger partial charge in [-0.15, -0.1) is 0 Å². The smallest absolute Gasteiger partial charge is 0.189 e. The molecule has 0 saturated carbocycles. The molecule has 0 amide bonds. The van der Waals surface area contributed by atoms with E-state index in [9.17, 15) is 4.79 Å². The van der Waals surface area contributed by atoms with Crippen LogP contribution in [0.2, 0.25) is 0 Å². The van der Waals surface area contributed by atoms with Gasteiger partial charge in [0.25, 0.3) is 0 Å². The SMILES string of the molecule is CCCCCCCCc1cc(=O)c2ccccc2n1C. The van der Waals surface area contributed by atoms with E-state index in [-0.39, 0.29) is 5.43 Å². The van der Waals surface area contributed by atoms with E-state index in [2.05, 4.69) is 18.5 Å². The average Bonchev–Trinajstić information content (AvgIpc) is 2.47. The van der Waals surface area contributed by atoms with Crippen molar-refractivity contribution in [1.29, 1.82) is 0 Å². The molecule has 2 aromatic rings. The van der Waals surface area contributed by atoms with Crippen molar-refractivity contribution < 1.29 is 0 Å². The highest BCUT2D eigenvalue weighted by molar-refractivity contribution is 5.79. The summed E-state index contributed by atoms with van der Waals surface area (Å²) in [5.74, 6) is 0. The summed E-state index contributed by atoms with van der Waals surface area (Å²) in [4.78, 5) is 12.1. The molecule has 108 valence electrons. The van der Waals surface area contributed by atoms with Gasteiger partial charge in [0.1, 0.15) is 0 Å². The number of hydrogen-bond acceptors (Lipinski definition) is 1. The quantitative estimate of drug-likeness (QED) is 0.682. The topological polar surface area (TPSA) is 22.0 Å². The van der Waals surface area contributed by atoms with Crippen molar-refractivity contribution in [1.82, 2.24) is 4.57 Å². The summed E-state index contributed by atoms with van der Waals surface area (Å²) in [6, 6.07) is 9.68. The molecule has 0 unspecified atom stereocenters. The van der Waals surface area contributed by atoms with Gasteiger partial charge in [0.05, 0.1) is 5.52 Å². The number of benzene rings is 1. The Morgan fingerprint density at radius 1 is 1.00 bits per heavy atom. The predicted octanol–water partition coefficient (Wildman–Crippen LogP) is 4.44. The fourth-order valence-electron chi connectivity index (χ4n) is 2.78. The lowest BCUT2D eigenvalue weighted by Gasteiger charge is -2.12. The van der Waals surface area contributed by atoms with Crippen molar-refractivity contribution in [2.75, 3.05) is 0 Å². The molecule has 1 aromatic heterocycles. The summed E-state index contributed by atoms with van der Waals surface area (Å²) in [5.41, 5.74) is 2.35. The van der Waals surface area contributed by atoms with Gasteiger partial charge in [0, 0.05) is 24.2 Å². The molecule has 0 aliphatic carbocycles. The minimum Gasteiger partial charge on any atom is -0.347 e. The van der Waals surface area contributed by atoms with Gasteiger partial charge < -0.3 is 4.57 Å². The molecule has 0 fully saturated rings. The van der Waals surface area contributed by atoms with Crippen molar-refractivity contribution in [3.8, 4) is 0 Å². The highest BCUT2D eigenvalue weighted by Crippen LogP contribution is 2.14. The second-order valence-electron chi connectivity index (χ2n) is 5.59. The largest absolute Gasteiger partial charge is 0.347 e. The molecule has 2 rings (SSSR count). The minimum atomic E-state index is 0.152. The van der Waals surface area contributed by atoms with E-state index < -0.39 is 0 Å². The van der Waals surface area contributed by atoms with E-state index in [1.54, 1.807) is 0 Å². The van der Waals surface area contributed by atoms with Gasteiger partial charge in [0.15, 0.2) is 5.43 Å². The highest BCUT2D eigenvalue weighted by Gasteiger charge is 2.05. The monoisotopic (exact) mass is 271 g/mol. The molecular weight excluding hydrogens is 246 g/mol. The molecule has 0 bridgehead atoms. The standard InChI is InChI=1S/C18H25NO/c1-3-4-5-6-7-8-11-15-14-18(20)16-12-9-10-13-17(16)19(15)2/h9-10,12-14H,3-8,11H2,1-2H3. The van der Waals surface area contributed by atoms with Gasteiger partial charge in [0.2, 0.25) is 0 Å². The molecule has 0 spiro atoms. The molecule has 0 atom stereocenters. The van der Waals surface area contributed by atoms with Gasteiger partial charge in [-0.1, -0.05) is 51.2 Å². The van der Waals surface area contributed by atoms with E-state index in [1.165, 1.54) is 38.5 Å². The van der Waals surface area contributed by atoms with E-state index in [0.717, 1.165) is 23.0 Å². The first kappa shape index (κ1) is 14.8. The molecule has 0 N–H and O–H groups in total. The fraction of sp³-hybridized carbons (Fsp3) is 0.500. The Morgan fingerprint density at radius 3 is 2.50 bits per heavy atom. The lowest BCUT2D eigenvalue weighted by Crippen LogP contribution is -2.11. The average molecular weight is 271 g/mol. The number of fused-ring (bicyclic) bond motifs is 1. The Hall–Kier alpha value is -1.57. The second-order valence-corrected chi connectivity index (χ2v) is 5.59. The zero-order valence-corrected chi connectivity index (χ0v) is 12.7. The van der Waals surface area contributed by atoms with Crippen LogP contribution in [0.5, 0.6) is 0 Å². The van der Waals surface area contributed by atoms with Crippen molar-refractivity contribution >= 4 is 10.9 Å². The lowest BCUT2D eigenvalue weighted by atomic mass is 10.1. The molecule has 0 radical (unpaired) electrons. The number of nitrogens with zero attached hydrogens (tertiary/aromatic N) is 1. The van der Waals surface area contributed by atoms with Crippen LogP contribution in [0.1, 0.15) is 51.1 Å². The minimum absolute atomic E-state index is 0.152. The van der Waals surface area contributed by atoms with Gasteiger partial charge in [-0.05, 0) is 25.0 Å². The van der Waals surface area contributed by atoms with Crippen molar-refractivity contribution in [2.24, 2.45) is 7.05 Å². The normalized spacial score (nSPS) is 11.1. The van der Waals surface area contributed by atoms with Crippen molar-refractivity contribution in [3.63, 3.8) is 0 Å². The van der Waals surface area contributed by atoms with E-state index in [1.807, 2.05) is 30.3 Å². The first-order valence-corrected chi connectivity index (χ1v) is 7.81. The highest BCUT2D eigenvalue weighted by atomic mass is 16.1. The third-order valence-corrected chi connectivity index (χ3v) is 4.05. The Bertz CT molecular complexity index is 612. The van der Waals surface area contributed by atoms with E-state index in [4.69, 9.17) is 0 Å². The summed E-state index contributed by atoms with van der Waals surface area (Å²) in [5, 5.41) is 0.821. The van der Waals surface area contributed by atoms with Crippen LogP contribution >= 0.6 is 0 Å². The first-order valence-electron chi connectivity index (χ1n) is 7.81. The third-order valence-electron chi connectivity index (χ3n) is 4.05. The van der Waals surface area contributed by atoms with Gasteiger partial charge in [-0.25, -0.2) is 0 Å². The number of pyridine rings is 1. The van der Waals surface area contributed by atoms with Gasteiger partial charge >= 0.3 is 0 Å². The number of aryl methyl sites for hydroxylation is 2. The molecule has 0 aliphatic heterocycles. The molecule has 20 heavy (non-hydrogen) atoms. The Balaban J connectivity index is 2.04. The van der Waals surface area contributed by atoms with Crippen LogP contribution in [-0.2, 0) is 13.5 Å². The maximum Gasteiger partial charge on any atom is 0.189 e. The summed E-state index contributed by atoms with van der Waals surface area (Å²) >= 11 is 0. The van der Waals surface area contributed by atoms with Crippen LogP contribution in [0.4, 0.5) is 0 Å². The second kappa shape index (κ2) is 7.28. The van der Waals surface area contributed by atoms with Crippen LogP contribution < -0.4 is 5.43 Å². The number of unbranched alkanes of at least 4 members (excludes halogenated alkanes) is 5. The maximum atomic E-state index is 12.1. The zero-order valence-electron chi connectivity index (χ0n) is 12.7. The number of para-hydroxylation sites is 1. The molecular formula is C18H25NO. The van der Waals surface area contributed by atoms with Crippen molar-refractivity contribution in [3.05, 3.63) is 46.2 Å². The summed E-state index contributed by atoms with van der Waals surface area (Å²) in [6.07, 6.45) is 8.73. The molecule has 2 heteroatoms. The third kappa shape index (κ3) is 3.50. The summed E-state index contributed by atoms with van der Waals surface area (Å²) < 4.78 is 2.17. The molecule has 0 aliphatic rings. The molecule has 2 nitrogen and oxygen atoms in total. The van der Waals surface area contributed by atoms with E-state index >= 15 is 0 Å². The van der Waals surface area contributed by atoms with Crippen LogP contribution in [0.15, 0.2) is 35.1 Å². The van der Waals surface area contributed by atoms with Gasteiger partial charge in [-0.2, -0.15) is 0 Å². The van der Waals surface area contributed by atoms with Crippen LogP contribution in [0.3, 0.4) is 0 Å². The Labute approximate surface area is 121 Å². The summed E-state index contributed by atoms with van der Waals surface area (Å²) in [6.45, 7) is 2.24. The van der Waals surface area contributed by atoms with Crippen LogP contribution in [0.25, 0.3) is 10.9 Å².